The third kappa shape index (κ3) is 3.80. The zero-order valence-corrected chi connectivity index (χ0v) is 14.0. The average Bonchev–Trinajstić information content (AvgIpc) is 2.88. The Morgan fingerprint density at radius 2 is 2.24 bits per heavy atom. The van der Waals surface area contributed by atoms with Crippen molar-refractivity contribution in [3.63, 3.8) is 0 Å². The second-order valence-electron chi connectivity index (χ2n) is 6.06. The first-order valence-corrected chi connectivity index (χ1v) is 9.38. The van der Waals surface area contributed by atoms with Crippen LogP contribution in [0, 0.1) is 0 Å². The van der Waals surface area contributed by atoms with E-state index < -0.39 is 0 Å². The number of thiophene rings is 1. The molecule has 0 unspecified atom stereocenters. The smallest absolute Gasteiger partial charge is 0.231 e. The van der Waals surface area contributed by atoms with Crippen molar-refractivity contribution in [2.45, 2.75) is 47.7 Å². The number of nitrogens with one attached hydrogen (secondary N) is 1. The lowest BCUT2D eigenvalue weighted by Crippen LogP contribution is -2.46. The number of rotatable bonds is 4. The van der Waals surface area contributed by atoms with E-state index >= 15 is 0 Å². The van der Waals surface area contributed by atoms with Crippen molar-refractivity contribution in [3.05, 3.63) is 17.0 Å². The fourth-order valence-corrected chi connectivity index (χ4v) is 5.84. The van der Waals surface area contributed by atoms with E-state index in [0.29, 0.717) is 23.9 Å². The van der Waals surface area contributed by atoms with E-state index in [9.17, 15) is 4.79 Å². The van der Waals surface area contributed by atoms with Gasteiger partial charge in [-0.15, -0.1) is 23.1 Å². The number of hydrogen-bond acceptors (Lipinski definition) is 5. The summed E-state index contributed by atoms with van der Waals surface area (Å²) in [5.41, 5.74) is 6.76. The zero-order valence-electron chi connectivity index (χ0n) is 12.4. The topological polar surface area (TPSA) is 58.4 Å². The van der Waals surface area contributed by atoms with E-state index in [0.717, 1.165) is 25.9 Å². The lowest BCUT2D eigenvalue weighted by Gasteiger charge is -2.36. The minimum absolute atomic E-state index is 0.220. The Morgan fingerprint density at radius 3 is 2.95 bits per heavy atom. The second-order valence-corrected chi connectivity index (χ2v) is 8.69. The zero-order chi connectivity index (χ0) is 14.8. The highest BCUT2D eigenvalue weighted by molar-refractivity contribution is 8.01. The average molecular weight is 326 g/mol. The quantitative estimate of drug-likeness (QED) is 0.891. The predicted octanol–water partition coefficient (Wildman–Crippen LogP) is 2.21. The molecule has 0 saturated carbocycles. The van der Waals surface area contributed by atoms with Gasteiger partial charge in [0, 0.05) is 30.4 Å². The van der Waals surface area contributed by atoms with Crippen molar-refractivity contribution >= 4 is 29.0 Å². The molecular weight excluding hydrogens is 302 g/mol. The largest absolute Gasteiger partial charge is 0.369 e. The summed E-state index contributed by atoms with van der Waals surface area (Å²) in [6.07, 6.45) is 3.41. The normalized spacial score (nSPS) is 27.5. The van der Waals surface area contributed by atoms with Gasteiger partial charge in [-0.05, 0) is 36.3 Å². The maximum absolute atomic E-state index is 11.0. The molecule has 0 radical (unpaired) electrons. The molecule has 0 aromatic carbocycles. The summed E-state index contributed by atoms with van der Waals surface area (Å²) >= 11 is 3.88. The maximum atomic E-state index is 11.0. The van der Waals surface area contributed by atoms with Crippen molar-refractivity contribution < 1.29 is 4.79 Å². The van der Waals surface area contributed by atoms with Crippen molar-refractivity contribution in [2.24, 2.45) is 5.73 Å². The number of hydrogen-bond donors (Lipinski definition) is 2. The number of carbonyl (C=O) groups is 1. The Labute approximate surface area is 134 Å². The van der Waals surface area contributed by atoms with Crippen LogP contribution in [0.25, 0.3) is 0 Å². The van der Waals surface area contributed by atoms with Gasteiger partial charge in [-0.2, -0.15) is 0 Å². The number of fused-ring (bicyclic) bond motifs is 1. The van der Waals surface area contributed by atoms with Gasteiger partial charge in [0.25, 0.3) is 0 Å². The van der Waals surface area contributed by atoms with Crippen LogP contribution in [-0.4, -0.2) is 41.7 Å². The molecule has 2 aliphatic heterocycles. The van der Waals surface area contributed by atoms with Gasteiger partial charge in [0.15, 0.2) is 0 Å². The highest BCUT2D eigenvalue weighted by Gasteiger charge is 2.29. The molecule has 4 nitrogen and oxygen atoms in total. The summed E-state index contributed by atoms with van der Waals surface area (Å²) in [6, 6.07) is 3.33. The monoisotopic (exact) mass is 325 g/mol. The van der Waals surface area contributed by atoms with Gasteiger partial charge in [-0.25, -0.2) is 0 Å². The molecule has 1 fully saturated rings. The Bertz CT molecular complexity index is 497. The number of piperidine rings is 1. The van der Waals surface area contributed by atoms with Crippen molar-refractivity contribution in [2.75, 3.05) is 19.6 Å². The predicted molar refractivity (Wildman–Crippen MR) is 88.8 cm³/mol. The molecule has 3 heterocycles. The fourth-order valence-electron chi connectivity index (χ4n) is 3.27. The molecule has 2 atom stereocenters. The van der Waals surface area contributed by atoms with E-state index in [1.165, 1.54) is 16.2 Å². The molecule has 3 rings (SSSR count). The number of primary amides is 1. The third-order valence-corrected chi connectivity index (χ3v) is 6.66. The minimum Gasteiger partial charge on any atom is -0.369 e. The van der Waals surface area contributed by atoms with Crippen LogP contribution in [0.15, 0.2) is 15.7 Å². The number of likely N-dealkylation sites (tertiary alicyclic amines) is 1. The molecule has 1 saturated heterocycles. The number of carbonyl (C=O) groups excluding carboxylic acids is 1. The van der Waals surface area contributed by atoms with Crippen LogP contribution in [0.2, 0.25) is 0 Å². The third-order valence-electron chi connectivity index (χ3n) is 4.31. The number of nitrogens with two attached hydrogens (primary N) is 1. The lowest BCUT2D eigenvalue weighted by molar-refractivity contribution is -0.119. The first-order valence-electron chi connectivity index (χ1n) is 7.62. The molecule has 116 valence electrons. The second kappa shape index (κ2) is 6.69. The Balaban J connectivity index is 1.55. The molecule has 0 spiro atoms. The summed E-state index contributed by atoms with van der Waals surface area (Å²) < 4.78 is 1.48. The first kappa shape index (κ1) is 15.3. The number of nitrogens with zero attached hydrogens (tertiary/aromatic N) is 1. The summed E-state index contributed by atoms with van der Waals surface area (Å²) in [7, 11) is 0. The molecule has 3 N–H and O–H groups in total. The van der Waals surface area contributed by atoms with E-state index in [4.69, 9.17) is 5.73 Å². The fraction of sp³-hybridized carbons (Fsp3) is 0.667. The van der Waals surface area contributed by atoms with Crippen LogP contribution < -0.4 is 11.1 Å². The maximum Gasteiger partial charge on any atom is 0.231 e. The van der Waals surface area contributed by atoms with E-state index in [-0.39, 0.29) is 5.91 Å². The molecule has 1 amide bonds. The molecule has 1 aromatic rings. The van der Waals surface area contributed by atoms with Crippen LogP contribution in [0.5, 0.6) is 0 Å². The van der Waals surface area contributed by atoms with Gasteiger partial charge < -0.3 is 11.1 Å². The van der Waals surface area contributed by atoms with Gasteiger partial charge in [-0.1, -0.05) is 6.92 Å². The van der Waals surface area contributed by atoms with Crippen LogP contribution in [-0.2, 0) is 4.79 Å². The van der Waals surface area contributed by atoms with Gasteiger partial charge in [0.1, 0.15) is 0 Å². The SMILES string of the molecule is C[C@H]1C[C@H](NC2CCN(CC(N)=O)CC2)c2ccsc2S1. The Hall–Kier alpha value is -0.560. The number of thioether (sulfide) groups is 1. The molecule has 2 aliphatic rings. The Morgan fingerprint density at radius 1 is 1.48 bits per heavy atom. The van der Waals surface area contributed by atoms with Crippen LogP contribution in [0.3, 0.4) is 0 Å². The highest BCUT2D eigenvalue weighted by atomic mass is 32.2. The van der Waals surface area contributed by atoms with Crippen molar-refractivity contribution in [1.82, 2.24) is 10.2 Å². The van der Waals surface area contributed by atoms with Gasteiger partial charge >= 0.3 is 0 Å². The number of amides is 1. The molecule has 6 heteroatoms. The van der Waals surface area contributed by atoms with E-state index in [1.54, 1.807) is 0 Å². The summed E-state index contributed by atoms with van der Waals surface area (Å²) in [6.45, 7) is 4.65. The standard InChI is InChI=1S/C15H23N3OS2/c1-10-8-13(12-4-7-20-15(12)21-10)17-11-2-5-18(6-3-11)9-14(16)19/h4,7,10-11,13,17H,2-3,5-6,8-9H2,1H3,(H2,16,19)/t10-,13-/m0/s1. The molecule has 1 aromatic heterocycles. The minimum atomic E-state index is -0.220. The van der Waals surface area contributed by atoms with E-state index in [2.05, 4.69) is 28.6 Å². The molecular formula is C15H23N3OS2. The van der Waals surface area contributed by atoms with Crippen LogP contribution in [0.1, 0.15) is 37.8 Å². The Kier molecular flexibility index (Phi) is 4.88. The highest BCUT2D eigenvalue weighted by Crippen LogP contribution is 2.44. The first-order chi connectivity index (χ1) is 10.1. The molecule has 0 bridgehead atoms. The van der Waals surface area contributed by atoms with Gasteiger partial charge in [0.2, 0.25) is 5.91 Å². The summed E-state index contributed by atoms with van der Waals surface area (Å²) in [4.78, 5) is 13.1. The molecule has 0 aliphatic carbocycles. The van der Waals surface area contributed by atoms with Crippen molar-refractivity contribution in [3.8, 4) is 0 Å². The summed E-state index contributed by atoms with van der Waals surface area (Å²) in [5, 5.41) is 6.75. The van der Waals surface area contributed by atoms with Gasteiger partial charge in [-0.3, -0.25) is 9.69 Å². The summed E-state index contributed by atoms with van der Waals surface area (Å²) in [5.74, 6) is -0.220. The van der Waals surface area contributed by atoms with Gasteiger partial charge in [0.05, 0.1) is 10.8 Å². The van der Waals surface area contributed by atoms with Crippen LogP contribution in [0.4, 0.5) is 0 Å². The van der Waals surface area contributed by atoms with Crippen LogP contribution >= 0.6 is 23.1 Å². The molecule has 21 heavy (non-hydrogen) atoms. The lowest BCUT2D eigenvalue weighted by atomic mass is 9.99. The van der Waals surface area contributed by atoms with E-state index in [1.807, 2.05) is 23.1 Å². The van der Waals surface area contributed by atoms with Crippen molar-refractivity contribution in [1.29, 1.82) is 0 Å².